The molecular weight excluding hydrogens is 278 g/mol. The van der Waals surface area contributed by atoms with E-state index >= 15 is 0 Å². The van der Waals surface area contributed by atoms with Crippen LogP contribution < -0.4 is 0 Å². The second-order valence-electron chi connectivity index (χ2n) is 5.04. The Morgan fingerprint density at radius 1 is 0.955 bits per heavy atom. The molecule has 0 aliphatic rings. The largest absolute Gasteiger partial charge is 0.461 e. The van der Waals surface area contributed by atoms with Crippen LogP contribution in [0.4, 0.5) is 0 Å². The highest BCUT2D eigenvalue weighted by molar-refractivity contribution is 5.81. The molecule has 0 aliphatic carbocycles. The lowest BCUT2D eigenvalue weighted by Gasteiger charge is -2.05. The Kier molecular flexibility index (Phi) is 6.30. The van der Waals surface area contributed by atoms with Gasteiger partial charge in [-0.25, -0.2) is 0 Å². The maximum absolute atomic E-state index is 11.8. The third-order valence-corrected chi connectivity index (χ3v) is 3.18. The zero-order valence-corrected chi connectivity index (χ0v) is 12.4. The minimum atomic E-state index is -0.269. The van der Waals surface area contributed by atoms with Crippen molar-refractivity contribution in [1.82, 2.24) is 4.98 Å². The maximum Gasteiger partial charge on any atom is 0.306 e. The molecule has 0 amide bonds. The van der Waals surface area contributed by atoms with Crippen LogP contribution in [0.15, 0.2) is 54.7 Å². The summed E-state index contributed by atoms with van der Waals surface area (Å²) >= 11 is 0. The van der Waals surface area contributed by atoms with E-state index in [4.69, 9.17) is 4.74 Å². The van der Waals surface area contributed by atoms with Crippen molar-refractivity contribution >= 4 is 11.8 Å². The SMILES string of the molecule is O=C(CCCC(=O)OCc1ccccc1)Cc1ccccn1. The smallest absolute Gasteiger partial charge is 0.306 e. The van der Waals surface area contributed by atoms with Crippen LogP contribution in [0.2, 0.25) is 0 Å². The van der Waals surface area contributed by atoms with Crippen molar-refractivity contribution in [3.8, 4) is 0 Å². The molecule has 114 valence electrons. The molecule has 2 aromatic rings. The number of esters is 1. The van der Waals surface area contributed by atoms with Gasteiger partial charge in [0, 0.05) is 31.2 Å². The standard InChI is InChI=1S/C18H19NO3/c20-17(13-16-9-4-5-12-19-16)10-6-11-18(21)22-14-15-7-2-1-3-8-15/h1-5,7-9,12H,6,10-11,13-14H2. The van der Waals surface area contributed by atoms with Crippen LogP contribution >= 0.6 is 0 Å². The van der Waals surface area contributed by atoms with Crippen molar-refractivity contribution in [3.63, 3.8) is 0 Å². The normalized spacial score (nSPS) is 10.2. The highest BCUT2D eigenvalue weighted by Crippen LogP contribution is 2.06. The molecule has 1 aromatic carbocycles. The number of hydrogen-bond acceptors (Lipinski definition) is 4. The molecule has 0 atom stereocenters. The Bertz CT molecular complexity index is 596. The third kappa shape index (κ3) is 5.87. The van der Waals surface area contributed by atoms with E-state index in [1.165, 1.54) is 0 Å². The monoisotopic (exact) mass is 297 g/mol. The van der Waals surface area contributed by atoms with Crippen molar-refractivity contribution in [2.75, 3.05) is 0 Å². The highest BCUT2D eigenvalue weighted by atomic mass is 16.5. The lowest BCUT2D eigenvalue weighted by Crippen LogP contribution is -2.08. The second-order valence-corrected chi connectivity index (χ2v) is 5.04. The number of carbonyl (C=O) groups is 2. The van der Waals surface area contributed by atoms with Crippen molar-refractivity contribution < 1.29 is 14.3 Å². The number of benzene rings is 1. The predicted octanol–water partition coefficient (Wildman–Crippen LogP) is 3.11. The molecule has 0 saturated carbocycles. The van der Waals surface area contributed by atoms with E-state index in [9.17, 15) is 9.59 Å². The number of aromatic nitrogens is 1. The average Bonchev–Trinajstić information content (AvgIpc) is 2.55. The summed E-state index contributed by atoms with van der Waals surface area (Å²) in [5, 5.41) is 0. The van der Waals surface area contributed by atoms with Crippen molar-refractivity contribution in [2.24, 2.45) is 0 Å². The van der Waals surface area contributed by atoms with Crippen LogP contribution in [0.3, 0.4) is 0 Å². The highest BCUT2D eigenvalue weighted by Gasteiger charge is 2.08. The Morgan fingerprint density at radius 2 is 1.73 bits per heavy atom. The minimum absolute atomic E-state index is 0.0922. The van der Waals surface area contributed by atoms with Gasteiger partial charge in [-0.15, -0.1) is 0 Å². The van der Waals surface area contributed by atoms with Gasteiger partial charge < -0.3 is 4.74 Å². The second kappa shape index (κ2) is 8.72. The summed E-state index contributed by atoms with van der Waals surface area (Å²) < 4.78 is 5.17. The summed E-state index contributed by atoms with van der Waals surface area (Å²) in [6.45, 7) is 0.279. The van der Waals surface area contributed by atoms with Crippen LogP contribution in [-0.4, -0.2) is 16.7 Å². The lowest BCUT2D eigenvalue weighted by atomic mass is 10.1. The molecule has 0 unspecified atom stereocenters. The van der Waals surface area contributed by atoms with Gasteiger partial charge in [-0.1, -0.05) is 36.4 Å². The Hall–Kier alpha value is -2.49. The summed E-state index contributed by atoms with van der Waals surface area (Å²) in [5.74, 6) is -0.177. The molecule has 0 bridgehead atoms. The van der Waals surface area contributed by atoms with Crippen LogP contribution in [-0.2, 0) is 27.4 Å². The molecule has 0 aliphatic heterocycles. The fourth-order valence-corrected chi connectivity index (χ4v) is 2.03. The number of ketones is 1. The van der Waals surface area contributed by atoms with E-state index in [1.54, 1.807) is 6.20 Å². The van der Waals surface area contributed by atoms with Gasteiger partial charge in [-0.3, -0.25) is 14.6 Å². The van der Waals surface area contributed by atoms with Gasteiger partial charge in [-0.2, -0.15) is 0 Å². The molecule has 2 rings (SSSR count). The molecule has 0 radical (unpaired) electrons. The zero-order valence-electron chi connectivity index (χ0n) is 12.4. The molecule has 0 saturated heterocycles. The molecular formula is C18H19NO3. The molecule has 1 aromatic heterocycles. The first-order chi connectivity index (χ1) is 10.7. The molecule has 0 spiro atoms. The van der Waals surface area contributed by atoms with Gasteiger partial charge in [-0.05, 0) is 24.1 Å². The Morgan fingerprint density at radius 3 is 2.45 bits per heavy atom. The molecule has 4 nitrogen and oxygen atoms in total. The van der Waals surface area contributed by atoms with Gasteiger partial charge in [0.15, 0.2) is 0 Å². The summed E-state index contributed by atoms with van der Waals surface area (Å²) in [7, 11) is 0. The summed E-state index contributed by atoms with van der Waals surface area (Å²) in [4.78, 5) is 27.5. The number of hydrogen-bond donors (Lipinski definition) is 0. The molecule has 0 N–H and O–H groups in total. The summed E-state index contributed by atoms with van der Waals surface area (Å²) in [6.07, 6.45) is 3.14. The average molecular weight is 297 g/mol. The van der Waals surface area contributed by atoms with Gasteiger partial charge in [0.25, 0.3) is 0 Å². The number of Topliss-reactive ketones (excluding diaryl/α,β-unsaturated/α-hetero) is 1. The molecule has 22 heavy (non-hydrogen) atoms. The maximum atomic E-state index is 11.8. The third-order valence-electron chi connectivity index (χ3n) is 3.18. The first-order valence-corrected chi connectivity index (χ1v) is 7.35. The van der Waals surface area contributed by atoms with Crippen LogP contribution in [0, 0.1) is 0 Å². The first kappa shape index (κ1) is 15.9. The fraction of sp³-hybridized carbons (Fsp3) is 0.278. The number of ether oxygens (including phenoxy) is 1. The van der Waals surface area contributed by atoms with E-state index in [2.05, 4.69) is 4.98 Å². The first-order valence-electron chi connectivity index (χ1n) is 7.35. The van der Waals surface area contributed by atoms with Crippen molar-refractivity contribution in [1.29, 1.82) is 0 Å². The van der Waals surface area contributed by atoms with Gasteiger partial charge in [0.2, 0.25) is 0 Å². The summed E-state index contributed by atoms with van der Waals surface area (Å²) in [6, 6.07) is 15.0. The van der Waals surface area contributed by atoms with E-state index in [1.807, 2.05) is 48.5 Å². The predicted molar refractivity (Wildman–Crippen MR) is 83.0 cm³/mol. The van der Waals surface area contributed by atoms with Crippen LogP contribution in [0.5, 0.6) is 0 Å². The van der Waals surface area contributed by atoms with E-state index < -0.39 is 0 Å². The van der Waals surface area contributed by atoms with Gasteiger partial charge in [0.05, 0.1) is 0 Å². The quantitative estimate of drug-likeness (QED) is 0.703. The lowest BCUT2D eigenvalue weighted by molar-refractivity contribution is -0.145. The van der Waals surface area contributed by atoms with E-state index in [0.29, 0.717) is 19.3 Å². The zero-order chi connectivity index (χ0) is 15.6. The number of rotatable bonds is 8. The van der Waals surface area contributed by atoms with Gasteiger partial charge in [0.1, 0.15) is 12.4 Å². The Balaban J connectivity index is 1.61. The fourth-order valence-electron chi connectivity index (χ4n) is 2.03. The summed E-state index contributed by atoms with van der Waals surface area (Å²) in [5.41, 5.74) is 1.72. The number of nitrogens with zero attached hydrogens (tertiary/aromatic N) is 1. The number of pyridine rings is 1. The minimum Gasteiger partial charge on any atom is -0.461 e. The van der Waals surface area contributed by atoms with Crippen molar-refractivity contribution in [3.05, 3.63) is 66.0 Å². The van der Waals surface area contributed by atoms with E-state index in [0.717, 1.165) is 11.3 Å². The topological polar surface area (TPSA) is 56.3 Å². The number of carbonyl (C=O) groups excluding carboxylic acids is 2. The Labute approximate surface area is 130 Å². The molecule has 0 fully saturated rings. The van der Waals surface area contributed by atoms with E-state index in [-0.39, 0.29) is 24.8 Å². The molecule has 1 heterocycles. The molecule has 4 heteroatoms. The van der Waals surface area contributed by atoms with Crippen molar-refractivity contribution in [2.45, 2.75) is 32.3 Å². The van der Waals surface area contributed by atoms with Gasteiger partial charge >= 0.3 is 5.97 Å². The van der Waals surface area contributed by atoms with Crippen LogP contribution in [0.25, 0.3) is 0 Å². The van der Waals surface area contributed by atoms with Crippen LogP contribution in [0.1, 0.15) is 30.5 Å².